The van der Waals surface area contributed by atoms with E-state index in [1.165, 1.54) is 12.3 Å². The van der Waals surface area contributed by atoms with Crippen molar-refractivity contribution in [2.24, 2.45) is 0 Å². The molecule has 2 aromatic rings. The van der Waals surface area contributed by atoms with Crippen molar-refractivity contribution in [1.82, 2.24) is 0 Å². The van der Waals surface area contributed by atoms with Crippen LogP contribution < -0.4 is 5.32 Å². The van der Waals surface area contributed by atoms with Crippen LogP contribution in [0.15, 0.2) is 39.4 Å². The number of nitrogens with one attached hydrogen (secondary N) is 1. The van der Waals surface area contributed by atoms with Gasteiger partial charge in [-0.3, -0.25) is 4.79 Å². The van der Waals surface area contributed by atoms with E-state index >= 15 is 0 Å². The molecule has 1 N–H and O–H groups in total. The fourth-order valence-electron chi connectivity index (χ4n) is 1.39. The first-order valence-corrected chi connectivity index (χ1v) is 6.06. The minimum absolute atomic E-state index is 0.0927. The number of hydrogen-bond acceptors (Lipinski definition) is 2. The number of rotatable bonds is 2. The monoisotopic (exact) mass is 313 g/mol. The van der Waals surface area contributed by atoms with Crippen LogP contribution in [0.4, 0.5) is 5.69 Å². The van der Waals surface area contributed by atoms with E-state index < -0.39 is 0 Å². The third-order valence-corrected chi connectivity index (χ3v) is 3.53. The quantitative estimate of drug-likeness (QED) is 0.900. The highest BCUT2D eigenvalue weighted by atomic mass is 79.9. The molecule has 0 saturated heterocycles. The Kier molecular flexibility index (Phi) is 3.54. The molecule has 1 aromatic heterocycles. The highest BCUT2D eigenvalue weighted by Crippen LogP contribution is 2.25. The molecule has 0 saturated carbocycles. The molecular weight excluding hydrogens is 305 g/mol. The Hall–Kier alpha value is -1.26. The first-order valence-electron chi connectivity index (χ1n) is 4.89. The molecule has 5 heteroatoms. The van der Waals surface area contributed by atoms with Crippen molar-refractivity contribution >= 4 is 39.1 Å². The Morgan fingerprint density at radius 1 is 1.41 bits per heavy atom. The topological polar surface area (TPSA) is 42.2 Å². The molecule has 0 spiro atoms. The van der Waals surface area contributed by atoms with Gasteiger partial charge in [-0.2, -0.15) is 0 Å². The lowest BCUT2D eigenvalue weighted by Crippen LogP contribution is -2.12. The molecule has 0 aliphatic heterocycles. The lowest BCUT2D eigenvalue weighted by Gasteiger charge is -2.08. The maximum absolute atomic E-state index is 11.9. The normalized spacial score (nSPS) is 10.3. The van der Waals surface area contributed by atoms with E-state index in [4.69, 9.17) is 16.0 Å². The summed E-state index contributed by atoms with van der Waals surface area (Å²) in [5.41, 5.74) is 2.02. The minimum Gasteiger partial charge on any atom is -0.452 e. The molecule has 0 aliphatic carbocycles. The molecule has 88 valence electrons. The number of benzene rings is 1. The SMILES string of the molecule is Cc1c(Br)cccc1NC(=O)c1ccoc1Cl. The van der Waals surface area contributed by atoms with Gasteiger partial charge in [0.25, 0.3) is 5.91 Å². The van der Waals surface area contributed by atoms with Crippen LogP contribution in [-0.4, -0.2) is 5.91 Å². The molecular formula is C12H9BrClNO2. The maximum atomic E-state index is 11.9. The molecule has 0 atom stereocenters. The van der Waals surface area contributed by atoms with Crippen LogP contribution in [0, 0.1) is 6.92 Å². The summed E-state index contributed by atoms with van der Waals surface area (Å²) >= 11 is 9.14. The van der Waals surface area contributed by atoms with Crippen LogP contribution in [0.25, 0.3) is 0 Å². The van der Waals surface area contributed by atoms with Crippen LogP contribution in [-0.2, 0) is 0 Å². The van der Waals surface area contributed by atoms with Gasteiger partial charge < -0.3 is 9.73 Å². The second-order valence-corrected chi connectivity index (χ2v) is 4.67. The van der Waals surface area contributed by atoms with Gasteiger partial charge in [0.15, 0.2) is 0 Å². The second kappa shape index (κ2) is 4.94. The number of furan rings is 1. The number of hydrogen-bond donors (Lipinski definition) is 1. The Labute approximate surface area is 112 Å². The first kappa shape index (κ1) is 12.2. The van der Waals surface area contributed by atoms with Crippen molar-refractivity contribution in [2.75, 3.05) is 5.32 Å². The van der Waals surface area contributed by atoms with E-state index in [1.54, 1.807) is 0 Å². The molecule has 1 heterocycles. The summed E-state index contributed by atoms with van der Waals surface area (Å²) in [6, 6.07) is 7.12. The van der Waals surface area contributed by atoms with Crippen molar-refractivity contribution in [1.29, 1.82) is 0 Å². The van der Waals surface area contributed by atoms with Gasteiger partial charge in [0.1, 0.15) is 0 Å². The lowest BCUT2D eigenvalue weighted by molar-refractivity contribution is 0.102. The fraction of sp³-hybridized carbons (Fsp3) is 0.0833. The Morgan fingerprint density at radius 2 is 2.18 bits per heavy atom. The standard InChI is InChI=1S/C12H9BrClNO2/c1-7-9(13)3-2-4-10(7)15-12(16)8-5-6-17-11(8)14/h2-6H,1H3,(H,15,16). The molecule has 0 radical (unpaired) electrons. The number of halogens is 2. The van der Waals surface area contributed by atoms with Crippen LogP contribution in [0.3, 0.4) is 0 Å². The van der Waals surface area contributed by atoms with Gasteiger partial charge in [0.2, 0.25) is 5.22 Å². The Morgan fingerprint density at radius 3 is 2.82 bits per heavy atom. The highest BCUT2D eigenvalue weighted by molar-refractivity contribution is 9.10. The minimum atomic E-state index is -0.287. The van der Waals surface area contributed by atoms with Crippen LogP contribution in [0.2, 0.25) is 5.22 Å². The highest BCUT2D eigenvalue weighted by Gasteiger charge is 2.14. The molecule has 0 unspecified atom stereocenters. The predicted molar refractivity (Wildman–Crippen MR) is 70.6 cm³/mol. The van der Waals surface area contributed by atoms with Gasteiger partial charge >= 0.3 is 0 Å². The largest absolute Gasteiger partial charge is 0.452 e. The molecule has 2 rings (SSSR count). The molecule has 0 fully saturated rings. The van der Waals surface area contributed by atoms with Gasteiger partial charge in [0.05, 0.1) is 11.8 Å². The average molecular weight is 315 g/mol. The summed E-state index contributed by atoms with van der Waals surface area (Å²) in [7, 11) is 0. The zero-order valence-electron chi connectivity index (χ0n) is 8.96. The summed E-state index contributed by atoms with van der Waals surface area (Å²) in [5, 5.41) is 2.87. The predicted octanol–water partition coefficient (Wildman–Crippen LogP) is 4.26. The number of amides is 1. The molecule has 0 bridgehead atoms. The molecule has 0 aliphatic rings. The zero-order valence-corrected chi connectivity index (χ0v) is 11.3. The number of carbonyl (C=O) groups is 1. The van der Waals surface area contributed by atoms with Crippen molar-refractivity contribution in [3.63, 3.8) is 0 Å². The second-order valence-electron chi connectivity index (χ2n) is 3.47. The van der Waals surface area contributed by atoms with Crippen LogP contribution in [0.1, 0.15) is 15.9 Å². The van der Waals surface area contributed by atoms with Gasteiger partial charge in [-0.1, -0.05) is 22.0 Å². The van der Waals surface area contributed by atoms with Crippen molar-refractivity contribution in [2.45, 2.75) is 6.92 Å². The summed E-state index contributed by atoms with van der Waals surface area (Å²) in [4.78, 5) is 11.9. The molecule has 3 nitrogen and oxygen atoms in total. The average Bonchev–Trinajstić information content (AvgIpc) is 2.71. The van der Waals surface area contributed by atoms with Crippen molar-refractivity contribution in [3.8, 4) is 0 Å². The van der Waals surface area contributed by atoms with E-state index in [0.717, 1.165) is 15.7 Å². The number of anilines is 1. The van der Waals surface area contributed by atoms with Crippen LogP contribution in [0.5, 0.6) is 0 Å². The third kappa shape index (κ3) is 2.53. The van der Waals surface area contributed by atoms with E-state index in [-0.39, 0.29) is 11.1 Å². The van der Waals surface area contributed by atoms with E-state index in [2.05, 4.69) is 21.2 Å². The summed E-state index contributed by atoms with van der Waals surface area (Å²) < 4.78 is 5.81. The van der Waals surface area contributed by atoms with Gasteiger partial charge in [0, 0.05) is 10.2 Å². The zero-order chi connectivity index (χ0) is 12.4. The molecule has 1 aromatic carbocycles. The fourth-order valence-corrected chi connectivity index (χ4v) is 1.95. The Bertz CT molecular complexity index is 565. The van der Waals surface area contributed by atoms with Gasteiger partial charge in [-0.25, -0.2) is 0 Å². The molecule has 1 amide bonds. The van der Waals surface area contributed by atoms with Gasteiger partial charge in [-0.15, -0.1) is 0 Å². The molecule has 17 heavy (non-hydrogen) atoms. The van der Waals surface area contributed by atoms with E-state index in [1.807, 2.05) is 25.1 Å². The summed E-state index contributed by atoms with van der Waals surface area (Å²) in [6.07, 6.45) is 1.38. The van der Waals surface area contributed by atoms with Crippen molar-refractivity contribution < 1.29 is 9.21 Å². The third-order valence-electron chi connectivity index (χ3n) is 2.38. The first-order chi connectivity index (χ1) is 8.09. The van der Waals surface area contributed by atoms with Crippen molar-refractivity contribution in [3.05, 3.63) is 51.3 Å². The summed E-state index contributed by atoms with van der Waals surface area (Å²) in [5.74, 6) is -0.287. The Balaban J connectivity index is 2.25. The van der Waals surface area contributed by atoms with Gasteiger partial charge in [-0.05, 0) is 42.3 Å². The van der Waals surface area contributed by atoms with E-state index in [0.29, 0.717) is 5.56 Å². The number of carbonyl (C=O) groups excluding carboxylic acids is 1. The van der Waals surface area contributed by atoms with E-state index in [9.17, 15) is 4.79 Å². The lowest BCUT2D eigenvalue weighted by atomic mass is 10.2. The van der Waals surface area contributed by atoms with Crippen LogP contribution >= 0.6 is 27.5 Å². The smallest absolute Gasteiger partial charge is 0.260 e. The summed E-state index contributed by atoms with van der Waals surface area (Å²) in [6.45, 7) is 1.91. The maximum Gasteiger partial charge on any atom is 0.260 e.